The smallest absolute Gasteiger partial charge is 0.303 e. The van der Waals surface area contributed by atoms with Crippen LogP contribution < -0.4 is 4.72 Å². The Kier molecular flexibility index (Phi) is 5.97. The van der Waals surface area contributed by atoms with Gasteiger partial charge in [-0.2, -0.15) is 0 Å². The monoisotopic (exact) mass is 300 g/mol. The van der Waals surface area contributed by atoms with Crippen LogP contribution in [0.2, 0.25) is 0 Å². The predicted octanol–water partition coefficient (Wildman–Crippen LogP) is 1.35. The number of sulfonamides is 1. The zero-order valence-electron chi connectivity index (χ0n) is 11.7. The van der Waals surface area contributed by atoms with Gasteiger partial charge in [0, 0.05) is 18.7 Å². The minimum Gasteiger partial charge on any atom is -0.481 e. The highest BCUT2D eigenvalue weighted by molar-refractivity contribution is 7.92. The number of hydrogen-bond acceptors (Lipinski definition) is 4. The first-order valence-corrected chi connectivity index (χ1v) is 7.90. The Morgan fingerprint density at radius 1 is 1.35 bits per heavy atom. The van der Waals surface area contributed by atoms with Crippen molar-refractivity contribution in [2.45, 2.75) is 19.4 Å². The fourth-order valence-corrected chi connectivity index (χ4v) is 2.85. The molecule has 0 fully saturated rings. The maximum absolute atomic E-state index is 11.8. The van der Waals surface area contributed by atoms with Crippen LogP contribution in [0.15, 0.2) is 24.3 Å². The van der Waals surface area contributed by atoms with E-state index in [-0.39, 0.29) is 18.6 Å². The molecule has 0 heterocycles. The van der Waals surface area contributed by atoms with Crippen molar-refractivity contribution in [2.24, 2.45) is 0 Å². The Morgan fingerprint density at radius 2 is 2.05 bits per heavy atom. The number of nitrogens with one attached hydrogen (secondary N) is 1. The van der Waals surface area contributed by atoms with Crippen molar-refractivity contribution >= 4 is 21.7 Å². The number of carboxylic acids is 1. The SMILES string of the molecule is CN(C)Cc1cccc(NS(=O)(=O)CCCC(=O)O)c1. The molecule has 1 aromatic rings. The van der Waals surface area contributed by atoms with E-state index in [1.165, 1.54) is 0 Å². The summed E-state index contributed by atoms with van der Waals surface area (Å²) in [4.78, 5) is 12.4. The van der Waals surface area contributed by atoms with Crippen LogP contribution in [0.4, 0.5) is 5.69 Å². The number of rotatable bonds is 8. The van der Waals surface area contributed by atoms with Gasteiger partial charge in [0.1, 0.15) is 0 Å². The summed E-state index contributed by atoms with van der Waals surface area (Å²) < 4.78 is 26.1. The first-order valence-electron chi connectivity index (χ1n) is 6.24. The summed E-state index contributed by atoms with van der Waals surface area (Å²) in [5.74, 6) is -1.19. The molecular formula is C13H20N2O4S. The number of anilines is 1. The zero-order valence-corrected chi connectivity index (χ0v) is 12.5. The number of nitrogens with zero attached hydrogens (tertiary/aromatic N) is 1. The second-order valence-electron chi connectivity index (χ2n) is 4.86. The molecule has 0 spiro atoms. The van der Waals surface area contributed by atoms with Crippen LogP contribution in [0.25, 0.3) is 0 Å². The molecule has 1 rings (SSSR count). The standard InChI is InChI=1S/C13H20N2O4S/c1-15(2)10-11-5-3-6-12(9-11)14-20(18,19)8-4-7-13(16)17/h3,5-6,9,14H,4,7-8,10H2,1-2H3,(H,16,17). The van der Waals surface area contributed by atoms with Crippen molar-refractivity contribution in [3.63, 3.8) is 0 Å². The van der Waals surface area contributed by atoms with Gasteiger partial charge in [-0.15, -0.1) is 0 Å². The molecule has 0 radical (unpaired) electrons. The van der Waals surface area contributed by atoms with Crippen molar-refractivity contribution in [2.75, 3.05) is 24.6 Å². The lowest BCUT2D eigenvalue weighted by molar-refractivity contribution is -0.137. The lowest BCUT2D eigenvalue weighted by atomic mass is 10.2. The van der Waals surface area contributed by atoms with E-state index in [2.05, 4.69) is 4.72 Å². The van der Waals surface area contributed by atoms with Gasteiger partial charge in [-0.25, -0.2) is 8.42 Å². The molecule has 0 bridgehead atoms. The fourth-order valence-electron chi connectivity index (χ4n) is 1.74. The maximum atomic E-state index is 11.8. The highest BCUT2D eigenvalue weighted by atomic mass is 32.2. The van der Waals surface area contributed by atoms with Gasteiger partial charge in [0.25, 0.3) is 0 Å². The first-order chi connectivity index (χ1) is 9.28. The van der Waals surface area contributed by atoms with Gasteiger partial charge in [-0.1, -0.05) is 12.1 Å². The lowest BCUT2D eigenvalue weighted by Crippen LogP contribution is -2.18. The Balaban J connectivity index is 2.64. The first kappa shape index (κ1) is 16.5. The van der Waals surface area contributed by atoms with Gasteiger partial charge in [0.15, 0.2) is 0 Å². The molecule has 20 heavy (non-hydrogen) atoms. The summed E-state index contributed by atoms with van der Waals surface area (Å²) in [6, 6.07) is 7.15. The molecule has 0 saturated carbocycles. The van der Waals surface area contributed by atoms with Crippen LogP contribution in [-0.2, 0) is 21.4 Å². The van der Waals surface area contributed by atoms with E-state index in [9.17, 15) is 13.2 Å². The minimum atomic E-state index is -3.50. The Hall–Kier alpha value is -1.60. The van der Waals surface area contributed by atoms with Crippen LogP contribution in [0.1, 0.15) is 18.4 Å². The number of carbonyl (C=O) groups is 1. The average Bonchev–Trinajstić information content (AvgIpc) is 2.26. The van der Waals surface area contributed by atoms with Crippen molar-refractivity contribution in [3.8, 4) is 0 Å². The topological polar surface area (TPSA) is 86.7 Å². The van der Waals surface area contributed by atoms with Crippen LogP contribution in [0.5, 0.6) is 0 Å². The van der Waals surface area contributed by atoms with E-state index in [1.807, 2.05) is 25.1 Å². The number of benzene rings is 1. The summed E-state index contributed by atoms with van der Waals surface area (Å²) >= 11 is 0. The number of aliphatic carboxylic acids is 1. The zero-order chi connectivity index (χ0) is 15.2. The van der Waals surface area contributed by atoms with E-state index < -0.39 is 16.0 Å². The van der Waals surface area contributed by atoms with E-state index in [0.717, 1.165) is 5.56 Å². The molecule has 0 aliphatic heterocycles. The number of hydrogen-bond donors (Lipinski definition) is 2. The third-order valence-corrected chi connectivity index (χ3v) is 3.88. The third-order valence-electron chi connectivity index (χ3n) is 2.50. The Bertz CT molecular complexity index is 555. The van der Waals surface area contributed by atoms with Crippen molar-refractivity contribution in [1.29, 1.82) is 0 Å². The van der Waals surface area contributed by atoms with Crippen LogP contribution in [0.3, 0.4) is 0 Å². The van der Waals surface area contributed by atoms with Crippen LogP contribution in [0, 0.1) is 0 Å². The van der Waals surface area contributed by atoms with Gasteiger partial charge in [0.05, 0.1) is 5.75 Å². The van der Waals surface area contributed by atoms with Crippen molar-refractivity contribution < 1.29 is 18.3 Å². The summed E-state index contributed by atoms with van der Waals surface area (Å²) in [7, 11) is 0.364. The van der Waals surface area contributed by atoms with Gasteiger partial charge in [-0.05, 0) is 38.2 Å². The van der Waals surface area contributed by atoms with E-state index in [4.69, 9.17) is 5.11 Å². The Labute approximate surface area is 119 Å². The normalized spacial score (nSPS) is 11.6. The molecule has 2 N–H and O–H groups in total. The summed E-state index contributed by atoms with van der Waals surface area (Å²) in [5, 5.41) is 8.50. The van der Waals surface area contributed by atoms with E-state index in [1.54, 1.807) is 18.2 Å². The summed E-state index contributed by atoms with van der Waals surface area (Å²) in [6.45, 7) is 0.717. The van der Waals surface area contributed by atoms with Crippen molar-refractivity contribution in [3.05, 3.63) is 29.8 Å². The van der Waals surface area contributed by atoms with Crippen LogP contribution >= 0.6 is 0 Å². The molecule has 0 aromatic heterocycles. The van der Waals surface area contributed by atoms with Gasteiger partial charge in [0.2, 0.25) is 10.0 Å². The average molecular weight is 300 g/mol. The maximum Gasteiger partial charge on any atom is 0.303 e. The predicted molar refractivity (Wildman–Crippen MR) is 78.1 cm³/mol. The molecule has 0 aliphatic carbocycles. The minimum absolute atomic E-state index is 0.0993. The molecular weight excluding hydrogens is 280 g/mol. The van der Waals surface area contributed by atoms with Gasteiger partial charge in [-0.3, -0.25) is 9.52 Å². The lowest BCUT2D eigenvalue weighted by Gasteiger charge is -2.12. The molecule has 0 saturated heterocycles. The van der Waals surface area contributed by atoms with E-state index >= 15 is 0 Å². The largest absolute Gasteiger partial charge is 0.481 e. The fraction of sp³-hybridized carbons (Fsp3) is 0.462. The van der Waals surface area contributed by atoms with Gasteiger partial charge < -0.3 is 10.0 Å². The molecule has 0 atom stereocenters. The second-order valence-corrected chi connectivity index (χ2v) is 6.70. The van der Waals surface area contributed by atoms with Gasteiger partial charge >= 0.3 is 5.97 Å². The molecule has 0 amide bonds. The Morgan fingerprint density at radius 3 is 2.65 bits per heavy atom. The molecule has 1 aromatic carbocycles. The molecule has 7 heteroatoms. The van der Waals surface area contributed by atoms with Crippen LogP contribution in [-0.4, -0.2) is 44.2 Å². The molecule has 6 nitrogen and oxygen atoms in total. The quantitative estimate of drug-likeness (QED) is 0.757. The molecule has 0 aliphatic rings. The third kappa shape index (κ3) is 6.53. The van der Waals surface area contributed by atoms with Crippen molar-refractivity contribution in [1.82, 2.24) is 4.90 Å². The number of carboxylic acid groups (broad SMARTS) is 1. The highest BCUT2D eigenvalue weighted by Crippen LogP contribution is 2.14. The second kappa shape index (κ2) is 7.25. The molecule has 112 valence electrons. The van der Waals surface area contributed by atoms with E-state index in [0.29, 0.717) is 12.2 Å². The molecule has 0 unspecified atom stereocenters. The summed E-state index contributed by atoms with van der Waals surface area (Å²) in [5.41, 5.74) is 1.50. The summed E-state index contributed by atoms with van der Waals surface area (Å²) in [6.07, 6.45) is -0.0520. The highest BCUT2D eigenvalue weighted by Gasteiger charge is 2.11.